The van der Waals surface area contributed by atoms with E-state index in [-0.39, 0.29) is 23.0 Å². The van der Waals surface area contributed by atoms with E-state index in [0.717, 1.165) is 48.9 Å². The molecule has 2 heterocycles. The van der Waals surface area contributed by atoms with Crippen molar-refractivity contribution in [2.75, 3.05) is 0 Å². The van der Waals surface area contributed by atoms with E-state index in [1.165, 1.54) is 34.7 Å². The molecule has 1 N–H and O–H groups in total. The lowest BCUT2D eigenvalue weighted by Crippen LogP contribution is -2.39. The summed E-state index contributed by atoms with van der Waals surface area (Å²) in [6, 6.07) is 14.6. The van der Waals surface area contributed by atoms with Crippen molar-refractivity contribution < 1.29 is 18.0 Å². The van der Waals surface area contributed by atoms with Gasteiger partial charge in [-0.2, -0.15) is 23.5 Å². The van der Waals surface area contributed by atoms with Crippen LogP contribution in [0.2, 0.25) is 0 Å². The predicted molar refractivity (Wildman–Crippen MR) is 147 cm³/mol. The minimum Gasteiger partial charge on any atom is -0.349 e. The molecule has 8 nitrogen and oxygen atoms in total. The molecule has 1 aliphatic carbocycles. The lowest BCUT2D eigenvalue weighted by Gasteiger charge is -2.28. The highest BCUT2D eigenvalue weighted by Crippen LogP contribution is 2.32. The van der Waals surface area contributed by atoms with E-state index in [1.54, 1.807) is 30.3 Å². The van der Waals surface area contributed by atoms with Crippen LogP contribution in [0.4, 0.5) is 13.2 Å². The summed E-state index contributed by atoms with van der Waals surface area (Å²) >= 11 is 0. The van der Waals surface area contributed by atoms with E-state index < -0.39 is 23.2 Å². The third kappa shape index (κ3) is 5.42. The first-order valence-corrected chi connectivity index (χ1v) is 13.5. The van der Waals surface area contributed by atoms with Crippen molar-refractivity contribution in [3.63, 3.8) is 0 Å². The third-order valence-electron chi connectivity index (χ3n) is 7.80. The van der Waals surface area contributed by atoms with E-state index in [0.29, 0.717) is 22.9 Å². The second-order valence-corrected chi connectivity index (χ2v) is 10.3. The van der Waals surface area contributed by atoms with Gasteiger partial charge in [-0.25, -0.2) is 9.36 Å². The second kappa shape index (κ2) is 11.1. The molecular formula is C30H29F3N6O2. The van der Waals surface area contributed by atoms with Gasteiger partial charge in [0.15, 0.2) is 0 Å². The average molecular weight is 563 g/mol. The maximum Gasteiger partial charge on any atom is 0.416 e. The van der Waals surface area contributed by atoms with E-state index >= 15 is 0 Å². The fourth-order valence-electron chi connectivity index (χ4n) is 5.55. The summed E-state index contributed by atoms with van der Waals surface area (Å²) in [5.41, 5.74) is -0.247. The molecule has 5 rings (SSSR count). The zero-order chi connectivity index (χ0) is 29.3. The molecule has 0 atom stereocenters. The Balaban J connectivity index is 1.65. The molecule has 2 aromatic carbocycles. The number of nitrogens with zero attached hydrogens (tertiary/aromatic N) is 5. The molecule has 0 radical (unpaired) electrons. The van der Waals surface area contributed by atoms with Gasteiger partial charge < -0.3 is 5.32 Å². The first kappa shape index (κ1) is 28.0. The molecule has 1 saturated carbocycles. The topological polar surface area (TPSA) is 97.6 Å². The van der Waals surface area contributed by atoms with Crippen molar-refractivity contribution in [2.45, 2.75) is 51.2 Å². The number of hydrogen-bond acceptors (Lipinski definition) is 4. The Hall–Kier alpha value is -4.59. The standard InChI is InChI=1S/C30H29F3N6O2/c1-3-19-7-11-22(12-8-19)36-28(40)26-27(25-15-16-35-38(25)23-13-9-20(18-34)10-14-23)37(2)39(29(26)41)24-6-4-5-21(17-24)30(31,32)33/h4-6,9-10,13-17,19,22H,3,7-8,11-12H2,1-2H3,(H,36,40). The van der Waals surface area contributed by atoms with Gasteiger partial charge in [0.05, 0.1) is 40.5 Å². The first-order valence-electron chi connectivity index (χ1n) is 13.5. The number of amides is 1. The molecule has 1 fully saturated rings. The Labute approximate surface area is 234 Å². The monoisotopic (exact) mass is 562 g/mol. The van der Waals surface area contributed by atoms with Crippen LogP contribution < -0.4 is 10.9 Å². The maximum atomic E-state index is 13.9. The Bertz CT molecular complexity index is 1670. The summed E-state index contributed by atoms with van der Waals surface area (Å²) in [6.45, 7) is 2.15. The van der Waals surface area contributed by atoms with Crippen LogP contribution in [0.1, 0.15) is 60.5 Å². The Morgan fingerprint density at radius 2 is 1.78 bits per heavy atom. The largest absolute Gasteiger partial charge is 0.416 e. The Morgan fingerprint density at radius 3 is 2.41 bits per heavy atom. The first-order chi connectivity index (χ1) is 19.6. The van der Waals surface area contributed by atoms with Crippen LogP contribution >= 0.6 is 0 Å². The minimum absolute atomic E-state index is 0.0273. The molecule has 1 amide bonds. The van der Waals surface area contributed by atoms with Crippen molar-refractivity contribution in [3.05, 3.63) is 87.8 Å². The number of benzene rings is 2. The SMILES string of the molecule is CCC1CCC(NC(=O)c2c(-c3ccnn3-c3ccc(C#N)cc3)n(C)n(-c3cccc(C(F)(F)F)c3)c2=O)CC1. The van der Waals surface area contributed by atoms with Crippen LogP contribution in [0.5, 0.6) is 0 Å². The minimum atomic E-state index is -4.61. The highest BCUT2D eigenvalue weighted by Gasteiger charge is 2.33. The third-order valence-corrected chi connectivity index (χ3v) is 7.80. The zero-order valence-corrected chi connectivity index (χ0v) is 22.7. The average Bonchev–Trinajstić information content (AvgIpc) is 3.54. The summed E-state index contributed by atoms with van der Waals surface area (Å²) in [6.07, 6.45) is 1.50. The lowest BCUT2D eigenvalue weighted by atomic mass is 9.84. The number of carbonyl (C=O) groups is 1. The molecule has 2 aromatic heterocycles. The van der Waals surface area contributed by atoms with Crippen LogP contribution in [0.25, 0.3) is 22.8 Å². The number of halogens is 3. The van der Waals surface area contributed by atoms with E-state index in [9.17, 15) is 28.0 Å². The van der Waals surface area contributed by atoms with Gasteiger partial charge in [0, 0.05) is 13.1 Å². The van der Waals surface area contributed by atoms with Crippen molar-refractivity contribution in [1.29, 1.82) is 5.26 Å². The number of hydrogen-bond donors (Lipinski definition) is 1. The molecule has 212 valence electrons. The van der Waals surface area contributed by atoms with Crippen LogP contribution in [0, 0.1) is 17.2 Å². The summed E-state index contributed by atoms with van der Waals surface area (Å²) in [5.74, 6) is 0.0224. The second-order valence-electron chi connectivity index (χ2n) is 10.3. The summed E-state index contributed by atoms with van der Waals surface area (Å²) in [7, 11) is 1.52. The van der Waals surface area contributed by atoms with E-state index in [2.05, 4.69) is 23.4 Å². The summed E-state index contributed by atoms with van der Waals surface area (Å²) in [4.78, 5) is 27.7. The Kier molecular flexibility index (Phi) is 7.58. The van der Waals surface area contributed by atoms with Crippen molar-refractivity contribution in [2.24, 2.45) is 13.0 Å². The van der Waals surface area contributed by atoms with E-state index in [1.807, 2.05) is 0 Å². The molecular weight excluding hydrogens is 533 g/mol. The Morgan fingerprint density at radius 1 is 1.07 bits per heavy atom. The number of carbonyl (C=O) groups excluding carboxylic acids is 1. The van der Waals surface area contributed by atoms with Crippen LogP contribution in [-0.4, -0.2) is 31.1 Å². The maximum absolute atomic E-state index is 13.9. The normalized spacial score (nSPS) is 17.3. The van der Waals surface area contributed by atoms with Gasteiger partial charge in [-0.15, -0.1) is 0 Å². The number of nitrogens with one attached hydrogen (secondary N) is 1. The number of rotatable bonds is 6. The molecule has 0 saturated heterocycles. The van der Waals surface area contributed by atoms with Gasteiger partial charge in [-0.1, -0.05) is 19.4 Å². The fourth-order valence-corrected chi connectivity index (χ4v) is 5.55. The quantitative estimate of drug-likeness (QED) is 0.330. The van der Waals surface area contributed by atoms with Crippen LogP contribution in [0.15, 0.2) is 65.6 Å². The molecule has 0 bridgehead atoms. The molecule has 1 aliphatic rings. The highest BCUT2D eigenvalue weighted by atomic mass is 19.4. The van der Waals surface area contributed by atoms with Gasteiger partial charge in [-0.3, -0.25) is 14.3 Å². The lowest BCUT2D eigenvalue weighted by molar-refractivity contribution is -0.137. The summed E-state index contributed by atoms with van der Waals surface area (Å²) in [5, 5.41) is 16.6. The molecule has 0 aliphatic heterocycles. The van der Waals surface area contributed by atoms with Gasteiger partial charge >= 0.3 is 6.18 Å². The van der Waals surface area contributed by atoms with Crippen molar-refractivity contribution in [1.82, 2.24) is 24.5 Å². The smallest absolute Gasteiger partial charge is 0.349 e. The van der Waals surface area contributed by atoms with E-state index in [4.69, 9.17) is 0 Å². The summed E-state index contributed by atoms with van der Waals surface area (Å²) < 4.78 is 44.6. The molecule has 0 spiro atoms. The van der Waals surface area contributed by atoms with Gasteiger partial charge in [0.1, 0.15) is 11.3 Å². The van der Waals surface area contributed by atoms with Crippen LogP contribution in [-0.2, 0) is 13.2 Å². The van der Waals surface area contributed by atoms with Gasteiger partial charge in [0.2, 0.25) is 0 Å². The molecule has 41 heavy (non-hydrogen) atoms. The van der Waals surface area contributed by atoms with Crippen molar-refractivity contribution in [3.8, 4) is 28.8 Å². The van der Waals surface area contributed by atoms with Crippen LogP contribution in [0.3, 0.4) is 0 Å². The molecule has 11 heteroatoms. The fraction of sp³-hybridized carbons (Fsp3) is 0.333. The number of aromatic nitrogens is 4. The van der Waals surface area contributed by atoms with Gasteiger partial charge in [-0.05, 0) is 80.1 Å². The zero-order valence-electron chi connectivity index (χ0n) is 22.7. The predicted octanol–water partition coefficient (Wildman–Crippen LogP) is 5.62. The number of nitriles is 1. The van der Waals surface area contributed by atoms with Crippen molar-refractivity contribution >= 4 is 5.91 Å². The van der Waals surface area contributed by atoms with Gasteiger partial charge in [0.25, 0.3) is 11.5 Å². The highest BCUT2D eigenvalue weighted by molar-refractivity contribution is 6.00. The molecule has 0 unspecified atom stereocenters. The number of alkyl halides is 3. The molecule has 4 aromatic rings.